The lowest BCUT2D eigenvalue weighted by Crippen LogP contribution is -3.07. The summed E-state index contributed by atoms with van der Waals surface area (Å²) in [5.41, 5.74) is 1.02. The summed E-state index contributed by atoms with van der Waals surface area (Å²) in [6, 6.07) is 0. The summed E-state index contributed by atoms with van der Waals surface area (Å²) in [6.07, 6.45) is 5.62. The zero-order valence-electron chi connectivity index (χ0n) is 23.3. The number of piperazine rings is 1. The number of halogens is 3. The van der Waals surface area contributed by atoms with Crippen molar-refractivity contribution in [3.05, 3.63) is 59.4 Å². The van der Waals surface area contributed by atoms with E-state index in [0.717, 1.165) is 62.4 Å². The fraction of sp³-hybridized carbons (Fsp3) is 0.621. The first-order valence-electron chi connectivity index (χ1n) is 14.3. The molecule has 8 nitrogen and oxygen atoms in total. The van der Waals surface area contributed by atoms with Crippen LogP contribution in [0, 0.1) is 17.8 Å². The third kappa shape index (κ3) is 6.83. The number of aliphatic hydroxyl groups excluding tert-OH is 1. The monoisotopic (exact) mass is 597 g/mol. The molecule has 3 fully saturated rings. The van der Waals surface area contributed by atoms with Crippen molar-refractivity contribution < 1.29 is 38.3 Å². The van der Waals surface area contributed by atoms with Crippen LogP contribution in [0.2, 0.25) is 0 Å². The van der Waals surface area contributed by atoms with Gasteiger partial charge in [0.2, 0.25) is 0 Å². The first kappa shape index (κ1) is 30.1. The number of hydrogen-bond donors (Lipinski definition) is 4. The minimum absolute atomic E-state index is 0.0463. The number of hydrogen-bond acceptors (Lipinski definition) is 7. The Labute approximate surface area is 244 Å². The van der Waals surface area contributed by atoms with Crippen molar-refractivity contribution in [2.24, 2.45) is 17.8 Å². The molecule has 226 valence electrons. The smallest absolute Gasteiger partial charge is 0.273 e. The molecule has 1 saturated heterocycles. The Balaban J connectivity index is 1.09. The number of hydroxylamine groups is 2. The maximum atomic E-state index is 14.5. The van der Waals surface area contributed by atoms with Gasteiger partial charge in [0.05, 0.1) is 28.7 Å². The van der Waals surface area contributed by atoms with E-state index in [1.54, 1.807) is 12.3 Å². The minimum atomic E-state index is -3.20. The molecule has 0 bridgehead atoms. The van der Waals surface area contributed by atoms with Gasteiger partial charge in [-0.15, -0.1) is 0 Å². The largest absolute Gasteiger partial charge is 0.506 e. The van der Waals surface area contributed by atoms with E-state index < -0.39 is 17.8 Å². The van der Waals surface area contributed by atoms with Crippen LogP contribution in [-0.4, -0.2) is 83.3 Å². The Morgan fingerprint density at radius 2 is 1.88 bits per heavy atom. The van der Waals surface area contributed by atoms with Gasteiger partial charge in [-0.3, -0.25) is 4.90 Å². The minimum Gasteiger partial charge on any atom is -0.506 e. The van der Waals surface area contributed by atoms with Crippen LogP contribution < -0.4 is 10.5 Å². The fourth-order valence-corrected chi connectivity index (χ4v) is 6.80. The number of ether oxygens (including phenoxy) is 1. The van der Waals surface area contributed by atoms with Crippen molar-refractivity contribution in [1.82, 2.24) is 15.1 Å². The van der Waals surface area contributed by atoms with Crippen molar-refractivity contribution in [3.8, 4) is 0 Å². The van der Waals surface area contributed by atoms with E-state index in [1.165, 1.54) is 13.2 Å². The van der Waals surface area contributed by atoms with Gasteiger partial charge in [0.15, 0.2) is 11.9 Å². The Morgan fingerprint density at radius 1 is 1.17 bits per heavy atom. The molecular weight excluding hydrogens is 557 g/mol. The Bertz CT molecular complexity index is 1130. The number of thiocarbonyl (C=S) groups is 1. The van der Waals surface area contributed by atoms with E-state index in [-0.39, 0.29) is 41.1 Å². The average molecular weight is 598 g/mol. The average Bonchev–Trinajstić information content (AvgIpc) is 3.78. The van der Waals surface area contributed by atoms with Crippen LogP contribution in [0.5, 0.6) is 0 Å². The highest BCUT2D eigenvalue weighted by Gasteiger charge is 2.54. The van der Waals surface area contributed by atoms with E-state index in [9.17, 15) is 23.5 Å². The lowest BCUT2D eigenvalue weighted by Gasteiger charge is -2.40. The number of fused-ring (bicyclic) bond motifs is 1. The third-order valence-electron chi connectivity index (χ3n) is 8.92. The second-order valence-electron chi connectivity index (χ2n) is 11.5. The molecule has 0 aromatic rings. The number of nitrogens with zero attached hydrogens (tertiary/aromatic N) is 2. The first-order valence-corrected chi connectivity index (χ1v) is 14.7. The molecule has 3 aliphatic carbocycles. The molecule has 4 N–H and O–H groups in total. The molecule has 0 amide bonds. The van der Waals surface area contributed by atoms with Crippen LogP contribution in [-0.2, 0) is 9.57 Å². The maximum absolute atomic E-state index is 14.5. The van der Waals surface area contributed by atoms with Crippen molar-refractivity contribution in [3.63, 3.8) is 0 Å². The van der Waals surface area contributed by atoms with Crippen LogP contribution in [0.4, 0.5) is 13.2 Å². The second kappa shape index (κ2) is 12.9. The van der Waals surface area contributed by atoms with Crippen LogP contribution in [0.25, 0.3) is 0 Å². The van der Waals surface area contributed by atoms with Crippen molar-refractivity contribution >= 4 is 17.2 Å². The molecule has 2 aliphatic heterocycles. The van der Waals surface area contributed by atoms with Crippen LogP contribution >= 0.6 is 12.2 Å². The second-order valence-corrected chi connectivity index (χ2v) is 12.0. The van der Waals surface area contributed by atoms with Crippen molar-refractivity contribution in [2.45, 2.75) is 63.4 Å². The summed E-state index contributed by atoms with van der Waals surface area (Å²) in [5.74, 6) is 0.792. The molecule has 5 atom stereocenters. The number of dihydropyridines is 1. The Morgan fingerprint density at radius 3 is 2.49 bits per heavy atom. The maximum Gasteiger partial charge on any atom is 0.273 e. The van der Waals surface area contributed by atoms with E-state index in [2.05, 4.69) is 21.7 Å². The first-order chi connectivity index (χ1) is 19.7. The predicted molar refractivity (Wildman–Crippen MR) is 150 cm³/mol. The highest BCUT2D eigenvalue weighted by atomic mass is 32.1. The summed E-state index contributed by atoms with van der Waals surface area (Å²) in [7, 11) is 1.24. The molecular formula is C29H40F3N4O4S+. The molecule has 0 aromatic carbocycles. The van der Waals surface area contributed by atoms with Gasteiger partial charge in [0, 0.05) is 44.7 Å². The highest BCUT2D eigenvalue weighted by molar-refractivity contribution is 7.80. The van der Waals surface area contributed by atoms with E-state index in [4.69, 9.17) is 21.8 Å². The van der Waals surface area contributed by atoms with Gasteiger partial charge in [-0.25, -0.2) is 13.2 Å². The number of quaternary nitrogens is 1. The lowest BCUT2D eigenvalue weighted by molar-refractivity contribution is -1.21. The predicted octanol–water partition coefficient (Wildman–Crippen LogP) is 3.56. The number of rotatable bonds is 10. The normalized spacial score (nSPS) is 31.6. The zero-order chi connectivity index (χ0) is 29.3. The number of aliphatic hydroxyl groups is 1. The summed E-state index contributed by atoms with van der Waals surface area (Å²) >= 11 is 5.79. The van der Waals surface area contributed by atoms with Gasteiger partial charge in [-0.05, 0) is 61.5 Å². The molecule has 41 heavy (non-hydrogen) atoms. The van der Waals surface area contributed by atoms with Gasteiger partial charge in [-0.2, -0.15) is 10.0 Å². The van der Waals surface area contributed by atoms with Crippen LogP contribution in [0.3, 0.4) is 0 Å². The molecule has 12 heteroatoms. The zero-order valence-corrected chi connectivity index (χ0v) is 24.1. The lowest BCUT2D eigenvalue weighted by atomic mass is 9.81. The van der Waals surface area contributed by atoms with Crippen molar-refractivity contribution in [1.29, 1.82) is 0 Å². The molecule has 2 heterocycles. The van der Waals surface area contributed by atoms with Gasteiger partial charge < -0.3 is 20.1 Å². The molecule has 0 radical (unpaired) electrons. The summed E-state index contributed by atoms with van der Waals surface area (Å²) in [5, 5.41) is 22.3. The topological polar surface area (TPSA) is 81.9 Å². The fourth-order valence-electron chi connectivity index (χ4n) is 6.43. The molecule has 5 aliphatic rings. The molecule has 5 unspecified atom stereocenters. The Hall–Kier alpha value is -2.38. The number of allylic oxidation sites excluding steroid dienone is 5. The molecule has 0 spiro atoms. The Kier molecular flexibility index (Phi) is 9.44. The van der Waals surface area contributed by atoms with Crippen LogP contribution in [0.15, 0.2) is 59.4 Å². The molecule has 0 aromatic heterocycles. The number of alkyl halides is 3. The van der Waals surface area contributed by atoms with Crippen molar-refractivity contribution in [2.75, 3.05) is 33.3 Å². The third-order valence-corrected chi connectivity index (χ3v) is 9.32. The quantitative estimate of drug-likeness (QED) is 0.173. The highest BCUT2D eigenvalue weighted by Crippen LogP contribution is 2.53. The van der Waals surface area contributed by atoms with Gasteiger partial charge in [-0.1, -0.05) is 24.4 Å². The SMILES string of the molecule is C=C(CC(=S)N1CCN(C2C=CC(O)=CN2)CC1)C1CCC(OC2=CC(C(F)C(F)F)=C([NH+](O)OC)C3CC23)CC1. The summed E-state index contributed by atoms with van der Waals surface area (Å²) in [4.78, 5) is 10.3. The van der Waals surface area contributed by atoms with Gasteiger partial charge in [0.25, 0.3) is 6.43 Å². The van der Waals surface area contributed by atoms with E-state index in [0.29, 0.717) is 24.5 Å². The molecule has 5 rings (SSSR count). The van der Waals surface area contributed by atoms with E-state index >= 15 is 0 Å². The standard InChI is InChI=1S/C29H39F3N4O4S/c1-17(13-26(41)35-11-9-34(10-12-35)25-8-5-19(37)16-33-25)18-3-6-20(7-4-18)40-24-15-23(27(30)29(31)32)28(36(38)39-2)22-14-21(22)24/h5,8,15-16,18,20-22,25,27,29,33,37-38H,1,3-4,6-7,9-14H2,2H3/p+1. The molecule has 2 saturated carbocycles. The van der Waals surface area contributed by atoms with Gasteiger partial charge >= 0.3 is 0 Å². The van der Waals surface area contributed by atoms with Crippen LogP contribution in [0.1, 0.15) is 38.5 Å². The van der Waals surface area contributed by atoms with E-state index in [1.807, 2.05) is 6.08 Å². The number of nitrogens with one attached hydrogen (secondary N) is 2. The van der Waals surface area contributed by atoms with Gasteiger partial charge in [0.1, 0.15) is 18.6 Å². The summed E-state index contributed by atoms with van der Waals surface area (Å²) in [6.45, 7) is 7.78. The summed E-state index contributed by atoms with van der Waals surface area (Å²) < 4.78 is 47.3.